The molecule has 0 radical (unpaired) electrons. The number of nitrogens with zero attached hydrogens (tertiary/aromatic N) is 2. The Balaban J connectivity index is 3.02. The molecule has 6 heteroatoms. The monoisotopic (exact) mass is 312 g/mol. The Morgan fingerprint density at radius 2 is 1.81 bits per heavy atom. The van der Waals surface area contributed by atoms with E-state index in [1.165, 1.54) is 0 Å². The highest BCUT2D eigenvalue weighted by Gasteiger charge is 2.21. The van der Waals surface area contributed by atoms with E-state index in [9.17, 15) is 4.21 Å². The molecule has 2 atom stereocenters. The molecule has 0 aliphatic carbocycles. The highest BCUT2D eigenvalue weighted by molar-refractivity contribution is 7.84. The molecular formula is C15H28N4OS. The van der Waals surface area contributed by atoms with Gasteiger partial charge in [-0.2, -0.15) is 0 Å². The van der Waals surface area contributed by atoms with Gasteiger partial charge in [0.15, 0.2) is 0 Å². The van der Waals surface area contributed by atoms with Crippen molar-refractivity contribution in [3.05, 3.63) is 11.4 Å². The molecule has 0 aliphatic heterocycles. The standard InChI is InChI=1S/C15H28N4OS/c1-10(8-9-21(7)20)17-13-11(2)12(16-6)18-14(19-13)15(3,4)5/h10H,8-9H2,1-7H3,(H2,16,17,18,19). The van der Waals surface area contributed by atoms with Crippen LogP contribution in [0.1, 0.15) is 45.5 Å². The van der Waals surface area contributed by atoms with Crippen LogP contribution in [0.4, 0.5) is 11.6 Å². The summed E-state index contributed by atoms with van der Waals surface area (Å²) in [6, 6.07) is 0.222. The lowest BCUT2D eigenvalue weighted by molar-refractivity contribution is 0.545. The van der Waals surface area contributed by atoms with Crippen molar-refractivity contribution in [2.75, 3.05) is 29.7 Å². The Bertz CT molecular complexity index is 511. The molecule has 21 heavy (non-hydrogen) atoms. The van der Waals surface area contributed by atoms with Crippen LogP contribution in [0.2, 0.25) is 0 Å². The van der Waals surface area contributed by atoms with E-state index in [1.807, 2.05) is 14.0 Å². The van der Waals surface area contributed by atoms with E-state index in [-0.39, 0.29) is 11.5 Å². The van der Waals surface area contributed by atoms with E-state index in [0.717, 1.165) is 29.4 Å². The SMILES string of the molecule is CNc1nc(C(C)(C)C)nc(NC(C)CCS(C)=O)c1C. The van der Waals surface area contributed by atoms with Crippen LogP contribution < -0.4 is 10.6 Å². The molecule has 1 aromatic heterocycles. The van der Waals surface area contributed by atoms with Crippen molar-refractivity contribution < 1.29 is 4.21 Å². The van der Waals surface area contributed by atoms with Gasteiger partial charge in [0.2, 0.25) is 0 Å². The van der Waals surface area contributed by atoms with Crippen LogP contribution in [0.3, 0.4) is 0 Å². The van der Waals surface area contributed by atoms with Crippen LogP contribution in [0.25, 0.3) is 0 Å². The van der Waals surface area contributed by atoms with Crippen LogP contribution in [0.5, 0.6) is 0 Å². The van der Waals surface area contributed by atoms with Crippen molar-refractivity contribution >= 4 is 22.4 Å². The molecular weight excluding hydrogens is 284 g/mol. The molecule has 2 N–H and O–H groups in total. The maximum Gasteiger partial charge on any atom is 0.138 e. The third-order valence-corrected chi connectivity index (χ3v) is 4.09. The summed E-state index contributed by atoms with van der Waals surface area (Å²) in [5.74, 6) is 3.21. The maximum absolute atomic E-state index is 11.2. The summed E-state index contributed by atoms with van der Waals surface area (Å²) in [4.78, 5) is 9.27. The second kappa shape index (κ2) is 7.20. The van der Waals surface area contributed by atoms with Gasteiger partial charge in [0, 0.05) is 46.9 Å². The first-order chi connectivity index (χ1) is 9.65. The molecule has 1 rings (SSSR count). The predicted molar refractivity (Wildman–Crippen MR) is 91.7 cm³/mol. The van der Waals surface area contributed by atoms with Crippen LogP contribution in [0, 0.1) is 6.92 Å². The van der Waals surface area contributed by atoms with Gasteiger partial charge >= 0.3 is 0 Å². The molecule has 0 spiro atoms. The minimum atomic E-state index is -0.759. The van der Waals surface area contributed by atoms with Crippen molar-refractivity contribution in [3.63, 3.8) is 0 Å². The summed E-state index contributed by atoms with van der Waals surface area (Å²) in [5, 5.41) is 6.56. The topological polar surface area (TPSA) is 66.9 Å². The predicted octanol–water partition coefficient (Wildman–Crippen LogP) is 2.69. The van der Waals surface area contributed by atoms with E-state index >= 15 is 0 Å². The van der Waals surface area contributed by atoms with Gasteiger partial charge in [0.1, 0.15) is 17.5 Å². The van der Waals surface area contributed by atoms with Crippen LogP contribution in [-0.2, 0) is 16.2 Å². The molecule has 0 aromatic carbocycles. The summed E-state index contributed by atoms with van der Waals surface area (Å²) < 4.78 is 11.2. The zero-order valence-corrected chi connectivity index (χ0v) is 15.0. The van der Waals surface area contributed by atoms with E-state index < -0.39 is 10.8 Å². The van der Waals surface area contributed by atoms with E-state index in [4.69, 9.17) is 0 Å². The lowest BCUT2D eigenvalue weighted by atomic mass is 9.95. The summed E-state index contributed by atoms with van der Waals surface area (Å²) in [6.45, 7) is 10.4. The number of anilines is 2. The van der Waals surface area contributed by atoms with Crippen molar-refractivity contribution in [2.45, 2.75) is 52.5 Å². The van der Waals surface area contributed by atoms with Crippen LogP contribution in [0.15, 0.2) is 0 Å². The Morgan fingerprint density at radius 3 is 2.29 bits per heavy atom. The summed E-state index contributed by atoms with van der Waals surface area (Å²) in [7, 11) is 1.11. The number of aromatic nitrogens is 2. The molecule has 0 saturated carbocycles. The number of hydrogen-bond donors (Lipinski definition) is 2. The molecule has 1 aromatic rings. The third kappa shape index (κ3) is 5.26. The fourth-order valence-electron chi connectivity index (χ4n) is 1.88. The zero-order valence-electron chi connectivity index (χ0n) is 14.2. The van der Waals surface area contributed by atoms with Crippen molar-refractivity contribution in [1.82, 2.24) is 9.97 Å². The van der Waals surface area contributed by atoms with Gasteiger partial charge in [-0.1, -0.05) is 20.8 Å². The van der Waals surface area contributed by atoms with Gasteiger partial charge in [0.25, 0.3) is 0 Å². The molecule has 0 saturated heterocycles. The van der Waals surface area contributed by atoms with Gasteiger partial charge in [-0.25, -0.2) is 9.97 Å². The summed E-state index contributed by atoms with van der Waals surface area (Å²) in [5.41, 5.74) is 0.902. The Morgan fingerprint density at radius 1 is 1.24 bits per heavy atom. The quantitative estimate of drug-likeness (QED) is 0.845. The average molecular weight is 312 g/mol. The smallest absolute Gasteiger partial charge is 0.138 e. The maximum atomic E-state index is 11.2. The Kier molecular flexibility index (Phi) is 6.13. The van der Waals surface area contributed by atoms with Gasteiger partial charge in [-0.05, 0) is 20.3 Å². The number of hydrogen-bond acceptors (Lipinski definition) is 5. The Hall–Kier alpha value is -1.17. The average Bonchev–Trinajstić information content (AvgIpc) is 2.37. The summed E-state index contributed by atoms with van der Waals surface area (Å²) >= 11 is 0. The van der Waals surface area contributed by atoms with E-state index in [1.54, 1.807) is 6.26 Å². The first-order valence-electron chi connectivity index (χ1n) is 7.28. The van der Waals surface area contributed by atoms with Gasteiger partial charge in [-0.15, -0.1) is 0 Å². The molecule has 2 unspecified atom stereocenters. The van der Waals surface area contributed by atoms with Gasteiger partial charge in [0.05, 0.1) is 0 Å². The lowest BCUT2D eigenvalue weighted by Gasteiger charge is -2.22. The third-order valence-electron chi connectivity index (χ3n) is 3.27. The van der Waals surface area contributed by atoms with Gasteiger partial charge < -0.3 is 10.6 Å². The lowest BCUT2D eigenvalue weighted by Crippen LogP contribution is -2.23. The first kappa shape index (κ1) is 17.9. The van der Waals surface area contributed by atoms with E-state index in [2.05, 4.69) is 48.3 Å². The molecule has 0 fully saturated rings. The number of rotatable bonds is 6. The zero-order chi connectivity index (χ0) is 16.2. The molecule has 1 heterocycles. The van der Waals surface area contributed by atoms with Crippen LogP contribution in [-0.4, -0.2) is 39.3 Å². The minimum Gasteiger partial charge on any atom is -0.373 e. The fourth-order valence-corrected chi connectivity index (χ4v) is 2.57. The normalized spacial score (nSPS) is 14.6. The molecule has 0 amide bonds. The highest BCUT2D eigenvalue weighted by atomic mass is 32.2. The van der Waals surface area contributed by atoms with Crippen molar-refractivity contribution in [3.8, 4) is 0 Å². The second-order valence-electron chi connectivity index (χ2n) is 6.48. The first-order valence-corrected chi connectivity index (χ1v) is 9.01. The molecule has 0 aliphatic rings. The van der Waals surface area contributed by atoms with E-state index in [0.29, 0.717) is 5.75 Å². The molecule has 5 nitrogen and oxygen atoms in total. The second-order valence-corrected chi connectivity index (χ2v) is 8.04. The van der Waals surface area contributed by atoms with Crippen molar-refractivity contribution in [1.29, 1.82) is 0 Å². The fraction of sp³-hybridized carbons (Fsp3) is 0.733. The van der Waals surface area contributed by atoms with Crippen molar-refractivity contribution in [2.24, 2.45) is 0 Å². The highest BCUT2D eigenvalue weighted by Crippen LogP contribution is 2.26. The number of nitrogens with one attached hydrogen (secondary N) is 2. The minimum absolute atomic E-state index is 0.107. The Labute approximate surface area is 130 Å². The molecule has 0 bridgehead atoms. The summed E-state index contributed by atoms with van der Waals surface area (Å²) in [6.07, 6.45) is 2.59. The largest absolute Gasteiger partial charge is 0.373 e. The van der Waals surface area contributed by atoms with Crippen LogP contribution >= 0.6 is 0 Å². The molecule has 120 valence electrons. The van der Waals surface area contributed by atoms with Gasteiger partial charge in [-0.3, -0.25) is 4.21 Å².